The van der Waals surface area contributed by atoms with Gasteiger partial charge in [-0.1, -0.05) is 101 Å². The highest BCUT2D eigenvalue weighted by Crippen LogP contribution is 2.36. The Kier molecular flexibility index (Phi) is 7.93. The summed E-state index contributed by atoms with van der Waals surface area (Å²) in [6.07, 6.45) is 1.08. The zero-order valence-corrected chi connectivity index (χ0v) is 21.2. The summed E-state index contributed by atoms with van der Waals surface area (Å²) >= 11 is 0. The van der Waals surface area contributed by atoms with Crippen LogP contribution in [0.1, 0.15) is 59.1 Å². The monoisotopic (exact) mass is 456 g/mol. The van der Waals surface area contributed by atoms with Crippen molar-refractivity contribution in [1.29, 1.82) is 0 Å². The summed E-state index contributed by atoms with van der Waals surface area (Å²) in [6, 6.07) is 26.4. The van der Waals surface area contributed by atoms with Gasteiger partial charge >= 0.3 is 0 Å². The van der Waals surface area contributed by atoms with Crippen LogP contribution in [0, 0.1) is 5.41 Å². The van der Waals surface area contributed by atoms with Crippen molar-refractivity contribution in [2.24, 2.45) is 10.5 Å². The van der Waals surface area contributed by atoms with Crippen LogP contribution in [0.5, 0.6) is 5.75 Å². The van der Waals surface area contributed by atoms with Gasteiger partial charge in [-0.25, -0.2) is 5.43 Å². The van der Waals surface area contributed by atoms with Crippen molar-refractivity contribution >= 4 is 11.6 Å². The van der Waals surface area contributed by atoms with E-state index in [1.807, 2.05) is 49.4 Å². The molecule has 0 spiro atoms. The Morgan fingerprint density at radius 2 is 1.41 bits per heavy atom. The fraction of sp³-hybridized carbons (Fsp3) is 0.333. The van der Waals surface area contributed by atoms with Crippen LogP contribution in [0.15, 0.2) is 84.0 Å². The molecular formula is C30H36N2O2. The standard InChI is InChI=1S/C30H36N2O2/c1-22(23-12-14-25(15-13-23)24-10-8-7-9-11-24)31-32-28(33)20-34-27-18-16-26(17-19-27)30(5,6)21-29(2,3)4/h7-19H,20-21H2,1-6H3,(H,32,33)/b31-22-. The van der Waals surface area contributed by atoms with Crippen molar-refractivity contribution in [2.75, 3.05) is 6.61 Å². The molecule has 0 aliphatic rings. The molecule has 0 aliphatic carbocycles. The number of carbonyl (C=O) groups excluding carboxylic acids is 1. The van der Waals surface area contributed by atoms with E-state index in [-0.39, 0.29) is 23.3 Å². The normalized spacial score (nSPS) is 12.4. The predicted octanol–water partition coefficient (Wildman–Crippen LogP) is 6.99. The first kappa shape index (κ1) is 25.2. The second-order valence-corrected chi connectivity index (χ2v) is 10.6. The second kappa shape index (κ2) is 10.7. The lowest BCUT2D eigenvalue weighted by Crippen LogP contribution is -2.26. The molecule has 4 heteroatoms. The van der Waals surface area contributed by atoms with Crippen molar-refractivity contribution in [1.82, 2.24) is 5.43 Å². The van der Waals surface area contributed by atoms with Crippen LogP contribution in [0.4, 0.5) is 0 Å². The molecule has 0 radical (unpaired) electrons. The second-order valence-electron chi connectivity index (χ2n) is 10.6. The first-order valence-corrected chi connectivity index (χ1v) is 11.8. The molecule has 3 aromatic rings. The third kappa shape index (κ3) is 7.31. The highest BCUT2D eigenvalue weighted by atomic mass is 16.5. The van der Waals surface area contributed by atoms with Crippen LogP contribution in [-0.2, 0) is 10.2 Å². The van der Waals surface area contributed by atoms with Gasteiger partial charge in [-0.15, -0.1) is 0 Å². The highest BCUT2D eigenvalue weighted by Gasteiger charge is 2.27. The Morgan fingerprint density at radius 1 is 0.824 bits per heavy atom. The van der Waals surface area contributed by atoms with E-state index in [9.17, 15) is 4.79 Å². The minimum absolute atomic E-state index is 0.0691. The molecule has 0 saturated heterocycles. The molecular weight excluding hydrogens is 420 g/mol. The zero-order valence-electron chi connectivity index (χ0n) is 21.2. The summed E-state index contributed by atoms with van der Waals surface area (Å²) < 4.78 is 5.66. The average Bonchev–Trinajstić information content (AvgIpc) is 2.80. The third-order valence-corrected chi connectivity index (χ3v) is 5.74. The van der Waals surface area contributed by atoms with E-state index in [0.29, 0.717) is 5.75 Å². The molecule has 4 nitrogen and oxygen atoms in total. The Bertz CT molecular complexity index is 1110. The van der Waals surface area contributed by atoms with E-state index in [2.05, 4.69) is 81.5 Å². The summed E-state index contributed by atoms with van der Waals surface area (Å²) in [5.74, 6) is 0.375. The van der Waals surface area contributed by atoms with Gasteiger partial charge in [0.2, 0.25) is 0 Å². The van der Waals surface area contributed by atoms with Crippen molar-refractivity contribution in [3.63, 3.8) is 0 Å². The molecule has 0 bridgehead atoms. The van der Waals surface area contributed by atoms with Crippen molar-refractivity contribution in [3.05, 3.63) is 90.0 Å². The molecule has 178 valence electrons. The van der Waals surface area contributed by atoms with Gasteiger partial charge in [-0.2, -0.15) is 5.10 Å². The van der Waals surface area contributed by atoms with Crippen molar-refractivity contribution < 1.29 is 9.53 Å². The fourth-order valence-corrected chi connectivity index (χ4v) is 4.36. The quantitative estimate of drug-likeness (QED) is 0.293. The Morgan fingerprint density at radius 3 is 2.00 bits per heavy atom. The summed E-state index contributed by atoms with van der Waals surface area (Å²) in [6.45, 7) is 13.1. The van der Waals surface area contributed by atoms with Crippen LogP contribution in [-0.4, -0.2) is 18.2 Å². The number of ether oxygens (including phenoxy) is 1. The van der Waals surface area contributed by atoms with Crippen molar-refractivity contribution in [3.8, 4) is 16.9 Å². The van der Waals surface area contributed by atoms with E-state index >= 15 is 0 Å². The maximum atomic E-state index is 12.2. The zero-order chi connectivity index (χ0) is 24.8. The van der Waals surface area contributed by atoms with E-state index in [1.165, 1.54) is 11.1 Å². The number of benzene rings is 3. The van der Waals surface area contributed by atoms with Gasteiger partial charge in [0.05, 0.1) is 5.71 Å². The number of carbonyl (C=O) groups is 1. The summed E-state index contributed by atoms with van der Waals surface area (Å²) in [4.78, 5) is 12.2. The SMILES string of the molecule is C/C(=N/NC(=O)COc1ccc(C(C)(C)CC(C)(C)C)cc1)c1ccc(-c2ccccc2)cc1. The van der Waals surface area contributed by atoms with Crippen LogP contribution in [0.25, 0.3) is 11.1 Å². The molecule has 0 saturated carbocycles. The first-order chi connectivity index (χ1) is 16.0. The van der Waals surface area contributed by atoms with Gasteiger partial charge in [0.15, 0.2) is 6.61 Å². The summed E-state index contributed by atoms with van der Waals surface area (Å²) in [7, 11) is 0. The van der Waals surface area contributed by atoms with Crippen LogP contribution < -0.4 is 10.2 Å². The van der Waals surface area contributed by atoms with Crippen LogP contribution >= 0.6 is 0 Å². The number of amides is 1. The van der Waals surface area contributed by atoms with Gasteiger partial charge in [0.25, 0.3) is 5.91 Å². The van der Waals surface area contributed by atoms with Gasteiger partial charge in [0.1, 0.15) is 5.75 Å². The lowest BCUT2D eigenvalue weighted by Gasteiger charge is -2.33. The Hall–Kier alpha value is -3.40. The molecule has 1 amide bonds. The van der Waals surface area contributed by atoms with Crippen molar-refractivity contribution in [2.45, 2.75) is 53.4 Å². The predicted molar refractivity (Wildman–Crippen MR) is 141 cm³/mol. The molecule has 0 fully saturated rings. The topological polar surface area (TPSA) is 50.7 Å². The molecule has 3 rings (SSSR count). The molecule has 1 N–H and O–H groups in total. The maximum absolute atomic E-state index is 12.2. The molecule has 34 heavy (non-hydrogen) atoms. The minimum Gasteiger partial charge on any atom is -0.484 e. The molecule has 3 aromatic carbocycles. The number of nitrogens with one attached hydrogen (secondary N) is 1. The lowest BCUT2D eigenvalue weighted by atomic mass is 9.72. The van der Waals surface area contributed by atoms with E-state index in [1.54, 1.807) is 0 Å². The van der Waals surface area contributed by atoms with Gasteiger partial charge in [-0.3, -0.25) is 4.79 Å². The van der Waals surface area contributed by atoms with Crippen LogP contribution in [0.2, 0.25) is 0 Å². The smallest absolute Gasteiger partial charge is 0.277 e. The summed E-state index contributed by atoms with van der Waals surface area (Å²) in [5.41, 5.74) is 8.16. The van der Waals surface area contributed by atoms with E-state index in [4.69, 9.17) is 4.74 Å². The minimum atomic E-state index is -0.294. The number of rotatable bonds is 8. The lowest BCUT2D eigenvalue weighted by molar-refractivity contribution is -0.123. The molecule has 0 atom stereocenters. The maximum Gasteiger partial charge on any atom is 0.277 e. The van der Waals surface area contributed by atoms with Gasteiger partial charge in [-0.05, 0) is 58.6 Å². The van der Waals surface area contributed by atoms with E-state index < -0.39 is 0 Å². The number of hydrogen-bond acceptors (Lipinski definition) is 3. The third-order valence-electron chi connectivity index (χ3n) is 5.74. The summed E-state index contributed by atoms with van der Waals surface area (Å²) in [5, 5.41) is 4.23. The van der Waals surface area contributed by atoms with Gasteiger partial charge in [0, 0.05) is 0 Å². The average molecular weight is 457 g/mol. The first-order valence-electron chi connectivity index (χ1n) is 11.8. The highest BCUT2D eigenvalue weighted by molar-refractivity contribution is 5.99. The van der Waals surface area contributed by atoms with Crippen LogP contribution in [0.3, 0.4) is 0 Å². The number of hydrogen-bond donors (Lipinski definition) is 1. The largest absolute Gasteiger partial charge is 0.484 e. The molecule has 0 heterocycles. The Labute approximate surface area is 204 Å². The van der Waals surface area contributed by atoms with E-state index in [0.717, 1.165) is 23.3 Å². The number of hydrazone groups is 1. The number of nitrogens with zero attached hydrogens (tertiary/aromatic N) is 1. The molecule has 0 unspecified atom stereocenters. The van der Waals surface area contributed by atoms with Gasteiger partial charge < -0.3 is 4.74 Å². The fourth-order valence-electron chi connectivity index (χ4n) is 4.36. The Balaban J connectivity index is 1.52. The molecule has 0 aliphatic heterocycles. The molecule has 0 aromatic heterocycles.